The third kappa shape index (κ3) is 3.02. The molecule has 0 aromatic carbocycles. The van der Waals surface area contributed by atoms with Crippen molar-refractivity contribution in [1.29, 1.82) is 0 Å². The van der Waals surface area contributed by atoms with Crippen LogP contribution in [-0.2, 0) is 6.54 Å². The van der Waals surface area contributed by atoms with Crippen LogP contribution < -0.4 is 0 Å². The molecule has 1 aliphatic rings. The molecule has 3 aromatic rings. The minimum atomic E-state index is 0.330. The van der Waals surface area contributed by atoms with Crippen LogP contribution in [0.15, 0.2) is 29.5 Å². The highest BCUT2D eigenvalue weighted by Gasteiger charge is 2.27. The highest BCUT2D eigenvalue weighted by molar-refractivity contribution is 7.07. The van der Waals surface area contributed by atoms with Crippen LogP contribution in [0.2, 0.25) is 0 Å². The summed E-state index contributed by atoms with van der Waals surface area (Å²) in [5.74, 6) is 0.771. The lowest BCUT2D eigenvalue weighted by Gasteiger charge is -2.22. The SMILES string of the molecule is Cc1cnc(-c2cnc([C@H]3CCCN3Cc3cscn3)cn2)[nH]1. The monoisotopic (exact) mass is 326 g/mol. The molecule has 1 saturated heterocycles. The van der Waals surface area contributed by atoms with E-state index in [-0.39, 0.29) is 0 Å². The maximum absolute atomic E-state index is 4.64. The van der Waals surface area contributed by atoms with Gasteiger partial charge in [-0.1, -0.05) is 0 Å². The van der Waals surface area contributed by atoms with E-state index < -0.39 is 0 Å². The van der Waals surface area contributed by atoms with Gasteiger partial charge in [-0.3, -0.25) is 9.88 Å². The fourth-order valence-electron chi connectivity index (χ4n) is 3.05. The number of H-pyrrole nitrogens is 1. The van der Waals surface area contributed by atoms with Gasteiger partial charge in [-0.25, -0.2) is 15.0 Å². The Morgan fingerprint density at radius 3 is 2.87 bits per heavy atom. The number of imidazole rings is 1. The molecule has 1 aliphatic heterocycles. The quantitative estimate of drug-likeness (QED) is 0.798. The number of thiazole rings is 1. The van der Waals surface area contributed by atoms with Gasteiger partial charge in [0.2, 0.25) is 0 Å². The first-order chi connectivity index (χ1) is 11.3. The maximum Gasteiger partial charge on any atom is 0.157 e. The number of rotatable bonds is 4. The van der Waals surface area contributed by atoms with Gasteiger partial charge in [0.1, 0.15) is 5.69 Å². The molecule has 0 spiro atoms. The highest BCUT2D eigenvalue weighted by atomic mass is 32.1. The van der Waals surface area contributed by atoms with Crippen molar-refractivity contribution in [1.82, 2.24) is 29.8 Å². The Bertz CT molecular complexity index is 764. The average molecular weight is 326 g/mol. The number of hydrogen-bond acceptors (Lipinski definition) is 6. The molecule has 0 bridgehead atoms. The molecule has 23 heavy (non-hydrogen) atoms. The number of aromatic nitrogens is 5. The van der Waals surface area contributed by atoms with Crippen molar-refractivity contribution in [2.75, 3.05) is 6.54 Å². The molecular weight excluding hydrogens is 308 g/mol. The van der Waals surface area contributed by atoms with Crippen molar-refractivity contribution in [3.8, 4) is 11.5 Å². The summed E-state index contributed by atoms with van der Waals surface area (Å²) < 4.78 is 0. The van der Waals surface area contributed by atoms with Crippen LogP contribution in [0.1, 0.15) is 36.0 Å². The summed E-state index contributed by atoms with van der Waals surface area (Å²) >= 11 is 1.65. The first-order valence-electron chi connectivity index (χ1n) is 7.74. The van der Waals surface area contributed by atoms with Crippen molar-refractivity contribution in [3.05, 3.63) is 46.6 Å². The molecule has 3 aromatic heterocycles. The molecule has 0 aliphatic carbocycles. The third-order valence-electron chi connectivity index (χ3n) is 4.17. The Balaban J connectivity index is 1.52. The summed E-state index contributed by atoms with van der Waals surface area (Å²) in [4.78, 5) is 23.5. The fraction of sp³-hybridized carbons (Fsp3) is 0.375. The Morgan fingerprint density at radius 1 is 1.22 bits per heavy atom. The highest BCUT2D eigenvalue weighted by Crippen LogP contribution is 2.32. The molecule has 1 atom stereocenters. The van der Waals surface area contributed by atoms with E-state index in [0.717, 1.165) is 48.1 Å². The van der Waals surface area contributed by atoms with Crippen LogP contribution in [0, 0.1) is 6.92 Å². The molecule has 0 amide bonds. The normalized spacial score (nSPS) is 18.6. The topological polar surface area (TPSA) is 70.6 Å². The largest absolute Gasteiger partial charge is 0.341 e. The van der Waals surface area contributed by atoms with Gasteiger partial charge in [-0.05, 0) is 26.3 Å². The van der Waals surface area contributed by atoms with Gasteiger partial charge in [0.15, 0.2) is 5.82 Å². The molecule has 6 nitrogen and oxygen atoms in total. The van der Waals surface area contributed by atoms with E-state index in [4.69, 9.17) is 0 Å². The fourth-order valence-corrected chi connectivity index (χ4v) is 3.60. The summed E-state index contributed by atoms with van der Waals surface area (Å²) in [6.07, 6.45) is 7.81. The molecule has 1 N–H and O–H groups in total. The predicted molar refractivity (Wildman–Crippen MR) is 88.8 cm³/mol. The lowest BCUT2D eigenvalue weighted by Crippen LogP contribution is -2.23. The summed E-state index contributed by atoms with van der Waals surface area (Å²) in [5.41, 5.74) is 5.87. The van der Waals surface area contributed by atoms with Crippen molar-refractivity contribution >= 4 is 11.3 Å². The van der Waals surface area contributed by atoms with Crippen molar-refractivity contribution in [2.24, 2.45) is 0 Å². The molecule has 0 unspecified atom stereocenters. The van der Waals surface area contributed by atoms with Gasteiger partial charge in [-0.2, -0.15) is 0 Å². The van der Waals surface area contributed by atoms with Crippen molar-refractivity contribution in [3.63, 3.8) is 0 Å². The number of aromatic amines is 1. The van der Waals surface area contributed by atoms with Gasteiger partial charge >= 0.3 is 0 Å². The Labute approximate surface area is 138 Å². The maximum atomic E-state index is 4.64. The van der Waals surface area contributed by atoms with E-state index in [2.05, 4.69) is 35.2 Å². The first kappa shape index (κ1) is 14.5. The van der Waals surface area contributed by atoms with Crippen molar-refractivity contribution < 1.29 is 0 Å². The second-order valence-electron chi connectivity index (χ2n) is 5.85. The van der Waals surface area contributed by atoms with Gasteiger partial charge in [0.05, 0.1) is 35.3 Å². The Hall–Kier alpha value is -2.12. The zero-order valence-corrected chi connectivity index (χ0v) is 13.8. The smallest absolute Gasteiger partial charge is 0.157 e. The molecule has 0 radical (unpaired) electrons. The van der Waals surface area contributed by atoms with E-state index in [1.807, 2.05) is 24.8 Å². The van der Waals surface area contributed by atoms with Crippen molar-refractivity contribution in [2.45, 2.75) is 32.4 Å². The van der Waals surface area contributed by atoms with Crippen LogP contribution in [0.3, 0.4) is 0 Å². The lowest BCUT2D eigenvalue weighted by atomic mass is 10.1. The summed E-state index contributed by atoms with van der Waals surface area (Å²) in [6, 6.07) is 0.330. The van der Waals surface area contributed by atoms with E-state index in [1.54, 1.807) is 17.5 Å². The molecule has 118 valence electrons. The van der Waals surface area contributed by atoms with Gasteiger partial charge in [-0.15, -0.1) is 11.3 Å². The van der Waals surface area contributed by atoms with Crippen LogP contribution in [0.4, 0.5) is 0 Å². The summed E-state index contributed by atoms with van der Waals surface area (Å²) in [6.45, 7) is 3.95. The van der Waals surface area contributed by atoms with E-state index in [0.29, 0.717) is 6.04 Å². The summed E-state index contributed by atoms with van der Waals surface area (Å²) in [5, 5.41) is 2.11. The first-order valence-corrected chi connectivity index (χ1v) is 8.69. The summed E-state index contributed by atoms with van der Waals surface area (Å²) in [7, 11) is 0. The van der Waals surface area contributed by atoms with Gasteiger partial charge in [0, 0.05) is 23.8 Å². The minimum absolute atomic E-state index is 0.330. The number of aryl methyl sites for hydroxylation is 1. The standard InChI is InChI=1S/C16H18N6S/c1-11-5-19-16(21-11)14-7-17-13(6-18-14)15-3-2-4-22(15)8-12-9-23-10-20-12/h5-7,9-10,15H,2-4,8H2,1H3,(H,19,21)/t15-/m1/s1. The van der Waals surface area contributed by atoms with Crippen LogP contribution in [0.5, 0.6) is 0 Å². The zero-order valence-electron chi connectivity index (χ0n) is 12.9. The minimum Gasteiger partial charge on any atom is -0.341 e. The third-order valence-corrected chi connectivity index (χ3v) is 4.81. The van der Waals surface area contributed by atoms with Gasteiger partial charge in [0.25, 0.3) is 0 Å². The molecule has 4 heterocycles. The Kier molecular flexibility index (Phi) is 3.88. The second kappa shape index (κ2) is 6.17. The number of nitrogens with one attached hydrogen (secondary N) is 1. The van der Waals surface area contributed by atoms with Crippen LogP contribution >= 0.6 is 11.3 Å². The molecular formula is C16H18N6S. The van der Waals surface area contributed by atoms with Gasteiger partial charge < -0.3 is 4.98 Å². The number of nitrogens with zero attached hydrogens (tertiary/aromatic N) is 5. The van der Waals surface area contributed by atoms with E-state index in [9.17, 15) is 0 Å². The van der Waals surface area contributed by atoms with Crippen LogP contribution in [-0.4, -0.2) is 36.4 Å². The zero-order chi connectivity index (χ0) is 15.6. The van der Waals surface area contributed by atoms with E-state index in [1.165, 1.54) is 6.42 Å². The molecule has 7 heteroatoms. The molecule has 1 fully saturated rings. The Morgan fingerprint density at radius 2 is 2.17 bits per heavy atom. The molecule has 4 rings (SSSR count). The molecule has 0 saturated carbocycles. The number of hydrogen-bond donors (Lipinski definition) is 1. The number of likely N-dealkylation sites (tertiary alicyclic amines) is 1. The average Bonchev–Trinajstić information content (AvgIpc) is 3.30. The lowest BCUT2D eigenvalue weighted by molar-refractivity contribution is 0.241. The van der Waals surface area contributed by atoms with Crippen LogP contribution in [0.25, 0.3) is 11.5 Å². The van der Waals surface area contributed by atoms with E-state index >= 15 is 0 Å². The second-order valence-corrected chi connectivity index (χ2v) is 6.57. The predicted octanol–water partition coefficient (Wildman–Crippen LogP) is 2.97.